The second kappa shape index (κ2) is 6.61. The molecule has 0 fully saturated rings. The minimum Gasteiger partial charge on any atom is -0.388 e. The van der Waals surface area contributed by atoms with Crippen molar-refractivity contribution in [1.82, 2.24) is 9.97 Å². The summed E-state index contributed by atoms with van der Waals surface area (Å²) in [5.41, 5.74) is 16.2. The van der Waals surface area contributed by atoms with Crippen LogP contribution in [0.3, 0.4) is 0 Å². The van der Waals surface area contributed by atoms with Crippen LogP contribution in [0.4, 0.5) is 0 Å². The molecule has 9 heteroatoms. The molecule has 0 atom stereocenters. The largest absolute Gasteiger partial charge is 0.388 e. The third-order valence-electron chi connectivity index (χ3n) is 1.36. The molecule has 0 saturated heterocycles. The molecule has 0 unspecified atom stereocenters. The van der Waals surface area contributed by atoms with Crippen LogP contribution < -0.4 is 17.2 Å². The summed E-state index contributed by atoms with van der Waals surface area (Å²) in [7, 11) is 0. The Kier molecular flexibility index (Phi) is 4.75. The van der Waals surface area contributed by atoms with Crippen molar-refractivity contribution in [3.8, 4) is 0 Å². The lowest BCUT2D eigenvalue weighted by atomic mass is 10.4. The zero-order chi connectivity index (χ0) is 12.5. The van der Waals surface area contributed by atoms with Crippen molar-refractivity contribution in [3.63, 3.8) is 0 Å². The highest BCUT2D eigenvalue weighted by Gasteiger charge is 1.93. The fraction of sp³-hybridized carbons (Fsp3) is 0. The summed E-state index contributed by atoms with van der Waals surface area (Å²) in [5.74, 6) is -0.135. The van der Waals surface area contributed by atoms with Crippen LogP contribution in [0.25, 0.3) is 0 Å². The molecule has 1 aromatic heterocycles. The van der Waals surface area contributed by atoms with Crippen molar-refractivity contribution in [1.29, 1.82) is 0 Å². The van der Waals surface area contributed by atoms with Gasteiger partial charge in [0, 0.05) is 0 Å². The Morgan fingerprint density at radius 3 is 2.29 bits per heavy atom. The molecule has 1 rings (SSSR count). The second-order valence-electron chi connectivity index (χ2n) is 2.65. The lowest BCUT2D eigenvalue weighted by molar-refractivity contribution is 1.14. The number of rotatable bonds is 4. The van der Waals surface area contributed by atoms with Gasteiger partial charge in [0.25, 0.3) is 0 Å². The maximum absolute atomic E-state index is 5.10. The van der Waals surface area contributed by atoms with E-state index in [1.807, 2.05) is 0 Å². The molecule has 0 saturated carbocycles. The van der Waals surface area contributed by atoms with Gasteiger partial charge in [-0.15, -0.1) is 10.2 Å². The molecular weight excluding hydrogens is 222 g/mol. The zero-order valence-corrected chi connectivity index (χ0v) is 8.80. The SMILES string of the molecule is NC=N/N=C/c1cncc(/C=N/N=C(N)N)n1. The van der Waals surface area contributed by atoms with E-state index in [-0.39, 0.29) is 5.96 Å². The second-order valence-corrected chi connectivity index (χ2v) is 2.65. The van der Waals surface area contributed by atoms with Crippen molar-refractivity contribution in [3.05, 3.63) is 23.8 Å². The molecule has 9 nitrogen and oxygen atoms in total. The van der Waals surface area contributed by atoms with Gasteiger partial charge in [0.2, 0.25) is 5.96 Å². The van der Waals surface area contributed by atoms with Gasteiger partial charge in [0.05, 0.1) is 24.8 Å². The van der Waals surface area contributed by atoms with Crippen LogP contribution >= 0.6 is 0 Å². The first-order chi connectivity index (χ1) is 8.22. The zero-order valence-electron chi connectivity index (χ0n) is 8.80. The number of nitrogens with two attached hydrogens (primary N) is 3. The van der Waals surface area contributed by atoms with Gasteiger partial charge in [-0.2, -0.15) is 10.2 Å². The molecule has 1 heterocycles. The molecular formula is C8H11N9. The number of hydrogen-bond donors (Lipinski definition) is 3. The standard InChI is InChI=1S/C8H11N9/c9-5-15-13-3-6-1-12-2-7(16-6)4-14-17-8(10)11/h1-5H,(H2,9,15)(H4,10,11,17)/b13-3+,14-4+. The van der Waals surface area contributed by atoms with E-state index < -0.39 is 0 Å². The first-order valence-electron chi connectivity index (χ1n) is 4.43. The Labute approximate surface area is 96.9 Å². The normalized spacial score (nSPS) is 11.5. The number of hydrogen-bond acceptors (Lipinski definition) is 6. The van der Waals surface area contributed by atoms with E-state index in [1.165, 1.54) is 24.8 Å². The molecule has 0 spiro atoms. The van der Waals surface area contributed by atoms with Crippen LogP contribution in [0.5, 0.6) is 0 Å². The van der Waals surface area contributed by atoms with Crippen LogP contribution in [0.2, 0.25) is 0 Å². The van der Waals surface area contributed by atoms with E-state index in [1.54, 1.807) is 0 Å². The number of nitrogens with zero attached hydrogens (tertiary/aromatic N) is 6. The Hall–Kier alpha value is -2.84. The highest BCUT2D eigenvalue weighted by molar-refractivity contribution is 5.82. The maximum atomic E-state index is 5.10. The van der Waals surface area contributed by atoms with Gasteiger partial charge in [-0.3, -0.25) is 4.98 Å². The first kappa shape index (κ1) is 12.2. The van der Waals surface area contributed by atoms with Crippen LogP contribution in [-0.2, 0) is 0 Å². The fourth-order valence-corrected chi connectivity index (χ4v) is 0.807. The summed E-state index contributed by atoms with van der Waals surface area (Å²) >= 11 is 0. The molecule has 0 aliphatic rings. The fourth-order valence-electron chi connectivity index (χ4n) is 0.807. The quantitative estimate of drug-likeness (QED) is 0.325. The van der Waals surface area contributed by atoms with Gasteiger partial charge in [-0.25, -0.2) is 4.98 Å². The van der Waals surface area contributed by atoms with Crippen molar-refractivity contribution in [2.45, 2.75) is 0 Å². The van der Waals surface area contributed by atoms with Crippen LogP contribution in [-0.4, -0.2) is 34.7 Å². The summed E-state index contributed by atoms with van der Waals surface area (Å²) in [5, 5.41) is 14.1. The molecule has 1 aromatic rings. The van der Waals surface area contributed by atoms with E-state index in [9.17, 15) is 0 Å². The van der Waals surface area contributed by atoms with Crippen LogP contribution in [0.15, 0.2) is 32.8 Å². The number of aromatic nitrogens is 2. The van der Waals surface area contributed by atoms with E-state index in [0.29, 0.717) is 11.4 Å². The van der Waals surface area contributed by atoms with Gasteiger partial charge in [-0.05, 0) is 0 Å². The average Bonchev–Trinajstić information content (AvgIpc) is 2.29. The summed E-state index contributed by atoms with van der Waals surface area (Å²) < 4.78 is 0. The van der Waals surface area contributed by atoms with E-state index in [2.05, 4.69) is 30.4 Å². The van der Waals surface area contributed by atoms with Gasteiger partial charge in [0.1, 0.15) is 17.7 Å². The Balaban J connectivity index is 2.79. The topological polar surface area (TPSA) is 153 Å². The lowest BCUT2D eigenvalue weighted by Gasteiger charge is -1.92. The van der Waals surface area contributed by atoms with E-state index in [4.69, 9.17) is 17.2 Å². The van der Waals surface area contributed by atoms with Crippen LogP contribution in [0, 0.1) is 0 Å². The predicted molar refractivity (Wildman–Crippen MR) is 65.7 cm³/mol. The Bertz CT molecular complexity index is 470. The number of guanidine groups is 1. The molecule has 17 heavy (non-hydrogen) atoms. The van der Waals surface area contributed by atoms with Gasteiger partial charge < -0.3 is 17.2 Å². The van der Waals surface area contributed by atoms with Crippen molar-refractivity contribution in [2.75, 3.05) is 0 Å². The molecule has 0 aliphatic carbocycles. The monoisotopic (exact) mass is 233 g/mol. The van der Waals surface area contributed by atoms with Gasteiger partial charge >= 0.3 is 0 Å². The summed E-state index contributed by atoms with van der Waals surface area (Å²) in [4.78, 5) is 8.04. The lowest BCUT2D eigenvalue weighted by Crippen LogP contribution is -2.21. The third-order valence-corrected chi connectivity index (χ3v) is 1.36. The smallest absolute Gasteiger partial charge is 0.211 e. The molecule has 6 N–H and O–H groups in total. The van der Waals surface area contributed by atoms with Gasteiger partial charge in [0.15, 0.2) is 0 Å². The molecule has 0 amide bonds. The average molecular weight is 233 g/mol. The molecule has 0 aromatic carbocycles. The maximum Gasteiger partial charge on any atom is 0.211 e. The predicted octanol–water partition coefficient (Wildman–Crippen LogP) is -1.60. The molecule has 0 bridgehead atoms. The first-order valence-corrected chi connectivity index (χ1v) is 4.43. The van der Waals surface area contributed by atoms with Crippen LogP contribution in [0.1, 0.15) is 11.4 Å². The molecule has 88 valence electrons. The minimum atomic E-state index is -0.135. The summed E-state index contributed by atoms with van der Waals surface area (Å²) in [6.07, 6.45) is 6.82. The molecule has 0 aliphatic heterocycles. The highest BCUT2D eigenvalue weighted by atomic mass is 15.3. The molecule has 0 radical (unpaired) electrons. The van der Waals surface area contributed by atoms with Crippen molar-refractivity contribution < 1.29 is 0 Å². The minimum absolute atomic E-state index is 0.135. The van der Waals surface area contributed by atoms with E-state index >= 15 is 0 Å². The summed E-state index contributed by atoms with van der Waals surface area (Å²) in [6, 6.07) is 0. The summed E-state index contributed by atoms with van der Waals surface area (Å²) in [6.45, 7) is 0. The van der Waals surface area contributed by atoms with Crippen molar-refractivity contribution >= 4 is 24.7 Å². The Morgan fingerprint density at radius 1 is 1.06 bits per heavy atom. The Morgan fingerprint density at radius 2 is 1.71 bits per heavy atom. The van der Waals surface area contributed by atoms with E-state index in [0.717, 1.165) is 6.34 Å². The van der Waals surface area contributed by atoms with Crippen molar-refractivity contribution in [2.24, 2.45) is 37.6 Å². The van der Waals surface area contributed by atoms with Gasteiger partial charge in [-0.1, -0.05) is 0 Å². The third kappa shape index (κ3) is 4.97. The highest BCUT2D eigenvalue weighted by Crippen LogP contribution is 1.91.